The van der Waals surface area contributed by atoms with E-state index in [1.165, 1.54) is 6.20 Å². The van der Waals surface area contributed by atoms with Crippen molar-refractivity contribution in [1.29, 1.82) is 0 Å². The minimum absolute atomic E-state index is 0.238. The normalized spacial score (nSPS) is 16.7. The van der Waals surface area contributed by atoms with Crippen molar-refractivity contribution in [2.24, 2.45) is 0 Å². The number of aromatic nitrogens is 2. The molecule has 116 valence electrons. The van der Waals surface area contributed by atoms with Gasteiger partial charge in [-0.25, -0.2) is 23.1 Å². The average molecular weight is 311 g/mol. The first-order valence-corrected chi connectivity index (χ1v) is 8.87. The largest absolute Gasteiger partial charge is 0.268 e. The van der Waals surface area contributed by atoms with E-state index in [0.717, 1.165) is 19.3 Å². The molecule has 1 heterocycles. The van der Waals surface area contributed by atoms with Gasteiger partial charge in [-0.2, -0.15) is 0 Å². The summed E-state index contributed by atoms with van der Waals surface area (Å²) in [4.78, 5) is 20.4. The highest BCUT2D eigenvalue weighted by Gasteiger charge is 2.29. The van der Waals surface area contributed by atoms with E-state index in [9.17, 15) is 13.2 Å². The van der Waals surface area contributed by atoms with Gasteiger partial charge in [-0.1, -0.05) is 26.2 Å². The van der Waals surface area contributed by atoms with Gasteiger partial charge in [0, 0.05) is 6.20 Å². The van der Waals surface area contributed by atoms with Crippen molar-refractivity contribution in [2.75, 3.05) is 0 Å². The van der Waals surface area contributed by atoms with Gasteiger partial charge in [0.05, 0.1) is 16.5 Å². The van der Waals surface area contributed by atoms with Crippen LogP contribution in [0.5, 0.6) is 0 Å². The maximum Gasteiger partial charge on any atom is 0.268 e. The van der Waals surface area contributed by atoms with Gasteiger partial charge in [-0.15, -0.1) is 0 Å². The molecule has 1 fully saturated rings. The lowest BCUT2D eigenvalue weighted by Gasteiger charge is -2.22. The molecule has 1 aromatic heterocycles. The summed E-state index contributed by atoms with van der Waals surface area (Å²) < 4.78 is 26.7. The Morgan fingerprint density at radius 2 is 2.00 bits per heavy atom. The predicted molar refractivity (Wildman–Crippen MR) is 79.4 cm³/mol. The molecule has 0 aliphatic heterocycles. The Kier molecular flexibility index (Phi) is 4.92. The molecule has 1 amide bonds. The van der Waals surface area contributed by atoms with Crippen LogP contribution < -0.4 is 4.72 Å². The summed E-state index contributed by atoms with van der Waals surface area (Å²) in [5.41, 5.74) is 0.807. The van der Waals surface area contributed by atoms with Gasteiger partial charge < -0.3 is 0 Å². The van der Waals surface area contributed by atoms with Gasteiger partial charge in [0.2, 0.25) is 10.0 Å². The van der Waals surface area contributed by atoms with Crippen LogP contribution in [0.25, 0.3) is 0 Å². The van der Waals surface area contributed by atoms with E-state index >= 15 is 0 Å². The fourth-order valence-corrected chi connectivity index (χ4v) is 4.11. The molecular formula is C14H21N3O3S. The van der Waals surface area contributed by atoms with E-state index in [4.69, 9.17) is 0 Å². The predicted octanol–water partition coefficient (Wildman–Crippen LogP) is 1.74. The number of aryl methyl sites for hydroxylation is 2. The van der Waals surface area contributed by atoms with E-state index in [1.807, 2.05) is 6.92 Å². The van der Waals surface area contributed by atoms with Crippen molar-refractivity contribution in [2.45, 2.75) is 57.6 Å². The Balaban J connectivity index is 2.17. The first-order chi connectivity index (χ1) is 9.94. The van der Waals surface area contributed by atoms with Gasteiger partial charge in [0.25, 0.3) is 5.91 Å². The summed E-state index contributed by atoms with van der Waals surface area (Å²) in [6, 6.07) is 0. The highest BCUT2D eigenvalue weighted by molar-refractivity contribution is 7.90. The first-order valence-electron chi connectivity index (χ1n) is 7.32. The molecule has 2 rings (SSSR count). The van der Waals surface area contributed by atoms with E-state index in [0.29, 0.717) is 30.8 Å². The summed E-state index contributed by atoms with van der Waals surface area (Å²) in [5, 5.41) is -0.466. The summed E-state index contributed by atoms with van der Waals surface area (Å²) in [5.74, 6) is -0.0593. The molecule has 0 radical (unpaired) electrons. The monoisotopic (exact) mass is 311 g/mol. The fraction of sp³-hybridized carbons (Fsp3) is 0.643. The van der Waals surface area contributed by atoms with Crippen LogP contribution in [-0.4, -0.2) is 29.5 Å². The van der Waals surface area contributed by atoms with Crippen LogP contribution in [0.2, 0.25) is 0 Å². The first kappa shape index (κ1) is 15.9. The lowest BCUT2D eigenvalue weighted by molar-refractivity contribution is 0.0979. The summed E-state index contributed by atoms with van der Waals surface area (Å²) in [6.45, 7) is 3.60. The quantitative estimate of drug-likeness (QED) is 0.915. The Bertz CT molecular complexity index is 622. The summed E-state index contributed by atoms with van der Waals surface area (Å²) >= 11 is 0. The van der Waals surface area contributed by atoms with Crippen molar-refractivity contribution >= 4 is 15.9 Å². The summed E-state index contributed by atoms with van der Waals surface area (Å²) in [6.07, 6.45) is 6.04. The van der Waals surface area contributed by atoms with Gasteiger partial charge in [0.1, 0.15) is 5.82 Å². The molecular weight excluding hydrogens is 290 g/mol. The average Bonchev–Trinajstić information content (AvgIpc) is 2.47. The summed E-state index contributed by atoms with van der Waals surface area (Å²) in [7, 11) is -3.62. The fourth-order valence-electron chi connectivity index (χ4n) is 2.62. The zero-order valence-electron chi connectivity index (χ0n) is 12.4. The number of carbonyl (C=O) groups excluding carboxylic acids is 1. The van der Waals surface area contributed by atoms with Crippen LogP contribution in [0.4, 0.5) is 0 Å². The van der Waals surface area contributed by atoms with Crippen molar-refractivity contribution in [3.05, 3.63) is 23.3 Å². The maximum atomic E-state index is 12.3. The Morgan fingerprint density at radius 3 is 2.62 bits per heavy atom. The molecule has 0 spiro atoms. The maximum absolute atomic E-state index is 12.3. The molecule has 1 aliphatic carbocycles. The van der Waals surface area contributed by atoms with Crippen molar-refractivity contribution < 1.29 is 13.2 Å². The molecule has 0 aromatic carbocycles. The second-order valence-corrected chi connectivity index (χ2v) is 7.33. The topological polar surface area (TPSA) is 89.0 Å². The lowest BCUT2D eigenvalue weighted by atomic mass is 10.0. The van der Waals surface area contributed by atoms with Crippen LogP contribution in [0.1, 0.15) is 60.9 Å². The van der Waals surface area contributed by atoms with Gasteiger partial charge in [-0.05, 0) is 26.2 Å². The number of rotatable bonds is 4. The standard InChI is InChI=1S/C14H21N3O3S/c1-3-13-12(9-15-10(2)16-13)14(18)17-21(19,20)11-7-5-4-6-8-11/h9,11H,3-8H2,1-2H3,(H,17,18). The molecule has 0 unspecified atom stereocenters. The van der Waals surface area contributed by atoms with Crippen molar-refractivity contribution in [3.63, 3.8) is 0 Å². The van der Waals surface area contributed by atoms with Gasteiger partial charge >= 0.3 is 0 Å². The number of sulfonamides is 1. The molecule has 0 atom stereocenters. The molecule has 0 bridgehead atoms. The van der Waals surface area contributed by atoms with E-state index in [-0.39, 0.29) is 5.56 Å². The minimum Gasteiger partial charge on any atom is -0.268 e. The molecule has 1 aromatic rings. The third kappa shape index (κ3) is 3.78. The van der Waals surface area contributed by atoms with Gasteiger partial charge in [0.15, 0.2) is 0 Å². The van der Waals surface area contributed by atoms with E-state index in [2.05, 4.69) is 14.7 Å². The molecule has 1 aliphatic rings. The Labute approximate surface area is 125 Å². The lowest BCUT2D eigenvalue weighted by Crippen LogP contribution is -2.39. The minimum atomic E-state index is -3.62. The van der Waals surface area contributed by atoms with Crippen LogP contribution in [0.3, 0.4) is 0 Å². The van der Waals surface area contributed by atoms with Crippen molar-refractivity contribution in [3.8, 4) is 0 Å². The molecule has 1 saturated carbocycles. The second kappa shape index (κ2) is 6.51. The number of hydrogen-bond acceptors (Lipinski definition) is 5. The second-order valence-electron chi connectivity index (χ2n) is 5.37. The van der Waals surface area contributed by atoms with Crippen LogP contribution >= 0.6 is 0 Å². The molecule has 0 saturated heterocycles. The number of amides is 1. The molecule has 21 heavy (non-hydrogen) atoms. The SMILES string of the molecule is CCc1nc(C)ncc1C(=O)NS(=O)(=O)C1CCCCC1. The number of hydrogen-bond donors (Lipinski definition) is 1. The van der Waals surface area contributed by atoms with E-state index < -0.39 is 21.2 Å². The smallest absolute Gasteiger partial charge is 0.268 e. The molecule has 1 N–H and O–H groups in total. The zero-order valence-corrected chi connectivity index (χ0v) is 13.2. The molecule has 6 nitrogen and oxygen atoms in total. The highest BCUT2D eigenvalue weighted by atomic mass is 32.2. The highest BCUT2D eigenvalue weighted by Crippen LogP contribution is 2.23. The van der Waals surface area contributed by atoms with Crippen molar-refractivity contribution in [1.82, 2.24) is 14.7 Å². The van der Waals surface area contributed by atoms with Crippen LogP contribution in [0.15, 0.2) is 6.20 Å². The van der Waals surface area contributed by atoms with Crippen LogP contribution in [-0.2, 0) is 16.4 Å². The Hall–Kier alpha value is -1.50. The number of nitrogens with one attached hydrogen (secondary N) is 1. The zero-order chi connectivity index (χ0) is 15.5. The third-order valence-electron chi connectivity index (χ3n) is 3.79. The number of nitrogens with zero attached hydrogens (tertiary/aromatic N) is 2. The van der Waals surface area contributed by atoms with E-state index in [1.54, 1.807) is 6.92 Å². The van der Waals surface area contributed by atoms with Crippen LogP contribution in [0, 0.1) is 6.92 Å². The van der Waals surface area contributed by atoms with Gasteiger partial charge in [-0.3, -0.25) is 4.79 Å². The molecule has 7 heteroatoms. The number of carbonyl (C=O) groups is 1. The Morgan fingerprint density at radius 1 is 1.33 bits per heavy atom. The third-order valence-corrected chi connectivity index (χ3v) is 5.61.